The van der Waals surface area contributed by atoms with Crippen molar-refractivity contribution in [2.75, 3.05) is 5.01 Å². The average molecular weight is 202 g/mol. The van der Waals surface area contributed by atoms with E-state index in [4.69, 9.17) is 22.5 Å². The second kappa shape index (κ2) is 3.47. The molecule has 1 heterocycles. The van der Waals surface area contributed by atoms with Gasteiger partial charge in [-0.1, -0.05) is 12.2 Å². The lowest BCUT2D eigenvalue weighted by atomic mass is 10.4. The summed E-state index contributed by atoms with van der Waals surface area (Å²) < 4.78 is 5.59. The highest BCUT2D eigenvalue weighted by Crippen LogP contribution is 2.22. The molecule has 0 aliphatic carbocycles. The van der Waals surface area contributed by atoms with Gasteiger partial charge in [0, 0.05) is 6.07 Å². The summed E-state index contributed by atoms with van der Waals surface area (Å²) in [6.45, 7) is 3.68. The lowest BCUT2D eigenvalue weighted by molar-refractivity contribution is 0.505. The van der Waals surface area contributed by atoms with Crippen molar-refractivity contribution >= 4 is 34.9 Å². The van der Waals surface area contributed by atoms with Gasteiger partial charge in [-0.15, -0.1) is 12.6 Å². The van der Waals surface area contributed by atoms with Gasteiger partial charge in [0.05, 0.1) is 0 Å². The summed E-state index contributed by atoms with van der Waals surface area (Å²) >= 11 is 8.74. The molecule has 0 amide bonds. The summed E-state index contributed by atoms with van der Waals surface area (Å²) in [4.78, 5) is 0. The van der Waals surface area contributed by atoms with Crippen molar-refractivity contribution in [3.8, 4) is 0 Å². The molecule has 0 bridgehead atoms. The zero-order valence-corrected chi connectivity index (χ0v) is 8.58. The second-order valence-corrected chi connectivity index (χ2v) is 3.56. The van der Waals surface area contributed by atoms with E-state index in [0.29, 0.717) is 4.32 Å². The molecular formula is C7H10N2OS2. The van der Waals surface area contributed by atoms with Crippen molar-refractivity contribution in [3.05, 3.63) is 17.6 Å². The zero-order valence-electron chi connectivity index (χ0n) is 6.87. The van der Waals surface area contributed by atoms with E-state index in [2.05, 4.69) is 12.6 Å². The smallest absolute Gasteiger partial charge is 0.152 e. The summed E-state index contributed by atoms with van der Waals surface area (Å²) in [7, 11) is 0. The first-order valence-corrected chi connectivity index (χ1v) is 4.22. The normalized spacial score (nSPS) is 10.0. The summed E-state index contributed by atoms with van der Waals surface area (Å²) in [6, 6.07) is 1.82. The van der Waals surface area contributed by atoms with E-state index in [0.717, 1.165) is 17.2 Å². The first kappa shape index (κ1) is 9.57. The number of hydrazine groups is 1. The highest BCUT2D eigenvalue weighted by molar-refractivity contribution is 8.11. The van der Waals surface area contributed by atoms with Crippen molar-refractivity contribution < 1.29 is 4.42 Å². The minimum Gasteiger partial charge on any atom is -0.464 e. The summed E-state index contributed by atoms with van der Waals surface area (Å²) in [5, 5.41) is 1.31. The molecule has 0 unspecified atom stereocenters. The molecule has 0 saturated heterocycles. The molecule has 1 aromatic heterocycles. The van der Waals surface area contributed by atoms with E-state index in [1.165, 1.54) is 5.01 Å². The molecule has 1 rings (SSSR count). The van der Waals surface area contributed by atoms with Crippen LogP contribution in [-0.4, -0.2) is 4.32 Å². The lowest BCUT2D eigenvalue weighted by Gasteiger charge is -2.13. The molecule has 66 valence electrons. The monoisotopic (exact) mass is 202 g/mol. The molecule has 0 saturated carbocycles. The summed E-state index contributed by atoms with van der Waals surface area (Å²) in [5.74, 6) is 7.16. The largest absolute Gasteiger partial charge is 0.464 e. The average Bonchev–Trinajstić information content (AvgIpc) is 2.28. The first-order chi connectivity index (χ1) is 5.52. The second-order valence-electron chi connectivity index (χ2n) is 2.45. The number of anilines is 1. The molecule has 3 nitrogen and oxygen atoms in total. The van der Waals surface area contributed by atoms with Crippen LogP contribution in [0.3, 0.4) is 0 Å². The van der Waals surface area contributed by atoms with Gasteiger partial charge in [0.15, 0.2) is 4.32 Å². The van der Waals surface area contributed by atoms with Gasteiger partial charge in [-0.05, 0) is 13.8 Å². The van der Waals surface area contributed by atoms with E-state index in [-0.39, 0.29) is 0 Å². The van der Waals surface area contributed by atoms with E-state index in [9.17, 15) is 0 Å². The fourth-order valence-electron chi connectivity index (χ4n) is 0.960. The molecule has 5 heteroatoms. The van der Waals surface area contributed by atoms with Crippen molar-refractivity contribution in [1.29, 1.82) is 0 Å². The minimum atomic E-state index is 0.318. The molecular weight excluding hydrogens is 192 g/mol. The summed E-state index contributed by atoms with van der Waals surface area (Å²) in [5.41, 5.74) is 0.757. The molecule has 0 aliphatic heterocycles. The van der Waals surface area contributed by atoms with Crippen molar-refractivity contribution in [2.45, 2.75) is 13.8 Å². The molecule has 1 aromatic rings. The van der Waals surface area contributed by atoms with Crippen LogP contribution in [0.25, 0.3) is 0 Å². The minimum absolute atomic E-state index is 0.318. The number of thiocarbonyl (C=S) groups is 1. The number of hydrogen-bond donors (Lipinski definition) is 2. The molecule has 2 N–H and O–H groups in total. The molecule has 0 aliphatic rings. The van der Waals surface area contributed by atoms with Crippen LogP contribution in [0.15, 0.2) is 10.5 Å². The van der Waals surface area contributed by atoms with Gasteiger partial charge in [0.1, 0.15) is 17.2 Å². The summed E-state index contributed by atoms with van der Waals surface area (Å²) in [6.07, 6.45) is 0. The number of nitrogens with two attached hydrogens (primary N) is 1. The Morgan fingerprint density at radius 1 is 1.67 bits per heavy atom. The Morgan fingerprint density at radius 3 is 2.58 bits per heavy atom. The molecule has 0 radical (unpaired) electrons. The van der Waals surface area contributed by atoms with E-state index >= 15 is 0 Å². The van der Waals surface area contributed by atoms with E-state index in [1.54, 1.807) is 0 Å². The Morgan fingerprint density at radius 2 is 2.25 bits per heavy atom. The fraction of sp³-hybridized carbons (Fsp3) is 0.286. The van der Waals surface area contributed by atoms with Crippen LogP contribution in [0.5, 0.6) is 0 Å². The Kier molecular flexibility index (Phi) is 2.76. The molecule has 0 fully saturated rings. The van der Waals surface area contributed by atoms with Crippen LogP contribution in [0, 0.1) is 13.8 Å². The molecule has 0 aromatic carbocycles. The Hall–Kier alpha value is -0.520. The third-order valence-electron chi connectivity index (χ3n) is 1.48. The van der Waals surface area contributed by atoms with Crippen LogP contribution < -0.4 is 10.9 Å². The van der Waals surface area contributed by atoms with Crippen LogP contribution in [0.1, 0.15) is 11.5 Å². The number of hydrogen-bond acceptors (Lipinski definition) is 3. The van der Waals surface area contributed by atoms with Gasteiger partial charge >= 0.3 is 0 Å². The van der Waals surface area contributed by atoms with Gasteiger partial charge in [0.2, 0.25) is 0 Å². The highest BCUT2D eigenvalue weighted by Gasteiger charge is 2.11. The van der Waals surface area contributed by atoms with Gasteiger partial charge in [-0.3, -0.25) is 5.01 Å². The Bertz CT molecular complexity index is 308. The SMILES string of the molecule is Cc1cc(N(N)C(=S)S)c(C)o1. The maximum absolute atomic E-state index is 5.61. The predicted octanol–water partition coefficient (Wildman–Crippen LogP) is 1.79. The standard InChI is InChI=1S/C7H10N2OS2/c1-4-3-6(5(2)10-4)9(8)7(11)12/h3H,8H2,1-2H3,(H,11,12). The molecule has 0 spiro atoms. The van der Waals surface area contributed by atoms with Crippen LogP contribution in [-0.2, 0) is 0 Å². The predicted molar refractivity (Wildman–Crippen MR) is 56.4 cm³/mol. The molecule has 12 heavy (non-hydrogen) atoms. The zero-order chi connectivity index (χ0) is 9.30. The topological polar surface area (TPSA) is 42.4 Å². The van der Waals surface area contributed by atoms with Gasteiger partial charge < -0.3 is 4.42 Å². The maximum atomic E-state index is 5.61. The quantitative estimate of drug-likeness (QED) is 0.315. The number of thiol groups is 1. The van der Waals surface area contributed by atoms with Crippen molar-refractivity contribution in [2.24, 2.45) is 5.84 Å². The van der Waals surface area contributed by atoms with Crippen LogP contribution in [0.4, 0.5) is 5.69 Å². The maximum Gasteiger partial charge on any atom is 0.152 e. The van der Waals surface area contributed by atoms with E-state index in [1.807, 2.05) is 19.9 Å². The van der Waals surface area contributed by atoms with Gasteiger partial charge in [0.25, 0.3) is 0 Å². The lowest BCUT2D eigenvalue weighted by Crippen LogP contribution is -2.33. The van der Waals surface area contributed by atoms with E-state index < -0.39 is 0 Å². The van der Waals surface area contributed by atoms with Gasteiger partial charge in [-0.25, -0.2) is 5.84 Å². The third kappa shape index (κ3) is 1.80. The number of furan rings is 1. The third-order valence-corrected chi connectivity index (χ3v) is 1.89. The first-order valence-electron chi connectivity index (χ1n) is 3.37. The van der Waals surface area contributed by atoms with Crippen molar-refractivity contribution in [3.63, 3.8) is 0 Å². The Balaban J connectivity index is 3.02. The van der Waals surface area contributed by atoms with Crippen molar-refractivity contribution in [1.82, 2.24) is 0 Å². The van der Waals surface area contributed by atoms with Crippen LogP contribution in [0.2, 0.25) is 0 Å². The number of aryl methyl sites for hydroxylation is 2. The number of rotatable bonds is 1. The molecule has 0 atom stereocenters. The Labute approximate surface area is 81.9 Å². The highest BCUT2D eigenvalue weighted by atomic mass is 32.1. The van der Waals surface area contributed by atoms with Gasteiger partial charge in [-0.2, -0.15) is 0 Å². The van der Waals surface area contributed by atoms with Crippen LogP contribution >= 0.6 is 24.8 Å². The number of nitrogens with zero attached hydrogens (tertiary/aromatic N) is 1. The fourth-order valence-corrected chi connectivity index (χ4v) is 1.17.